The molecule has 32 heavy (non-hydrogen) atoms. The number of hydrogen-bond acceptors (Lipinski definition) is 5. The summed E-state index contributed by atoms with van der Waals surface area (Å²) in [7, 11) is 1.62. The number of unbranched alkanes of at least 4 members (excludes halogenated alkanes) is 2. The number of nitrogens with zero attached hydrogens (tertiary/aromatic N) is 1. The number of anilines is 1. The Bertz CT molecular complexity index is 956. The Morgan fingerprint density at radius 2 is 1.94 bits per heavy atom. The van der Waals surface area contributed by atoms with E-state index in [1.807, 2.05) is 60.8 Å². The fraction of sp³-hybridized carbons (Fsp3) is 0.385. The average Bonchev–Trinajstić information content (AvgIpc) is 3.27. The van der Waals surface area contributed by atoms with Crippen molar-refractivity contribution in [3.05, 3.63) is 60.7 Å². The number of methoxy groups -OCH3 is 1. The number of rotatable bonds is 10. The van der Waals surface area contributed by atoms with Crippen molar-refractivity contribution in [1.29, 1.82) is 0 Å². The highest BCUT2D eigenvalue weighted by Gasteiger charge is 2.34. The van der Waals surface area contributed by atoms with E-state index in [9.17, 15) is 4.79 Å². The molecule has 2 aromatic rings. The summed E-state index contributed by atoms with van der Waals surface area (Å²) in [5.74, 6) is 2.41. The molecule has 2 unspecified atom stereocenters. The summed E-state index contributed by atoms with van der Waals surface area (Å²) in [6.07, 6.45) is 11.1. The van der Waals surface area contributed by atoms with Crippen LogP contribution in [0.15, 0.2) is 65.7 Å². The molecular weight excluding hydrogens is 404 g/mol. The van der Waals surface area contributed by atoms with Gasteiger partial charge in [0.25, 0.3) is 0 Å². The van der Waals surface area contributed by atoms with E-state index < -0.39 is 0 Å². The lowest BCUT2D eigenvalue weighted by molar-refractivity contribution is -0.116. The lowest BCUT2D eigenvalue weighted by atomic mass is 9.87. The highest BCUT2D eigenvalue weighted by atomic mass is 16.6. The molecule has 0 saturated heterocycles. The molecule has 0 bridgehead atoms. The van der Waals surface area contributed by atoms with Crippen molar-refractivity contribution in [3.8, 4) is 17.2 Å². The summed E-state index contributed by atoms with van der Waals surface area (Å²) < 4.78 is 17.2. The van der Waals surface area contributed by atoms with E-state index in [0.29, 0.717) is 13.0 Å². The summed E-state index contributed by atoms with van der Waals surface area (Å²) in [4.78, 5) is 17.0. The zero-order valence-electron chi connectivity index (χ0n) is 18.5. The minimum Gasteiger partial charge on any atom is -0.497 e. The monoisotopic (exact) mass is 434 g/mol. The molecule has 0 spiro atoms. The van der Waals surface area contributed by atoms with Gasteiger partial charge in [0, 0.05) is 24.7 Å². The second kappa shape index (κ2) is 10.4. The van der Waals surface area contributed by atoms with Gasteiger partial charge in [0.05, 0.1) is 12.6 Å². The quantitative estimate of drug-likeness (QED) is 0.522. The molecule has 6 heteroatoms. The zero-order chi connectivity index (χ0) is 22.2. The second-order valence-corrected chi connectivity index (χ2v) is 8.28. The van der Waals surface area contributed by atoms with Crippen LogP contribution in [0.1, 0.15) is 38.5 Å². The number of amides is 1. The maximum Gasteiger partial charge on any atom is 0.224 e. The van der Waals surface area contributed by atoms with Crippen molar-refractivity contribution in [1.82, 2.24) is 0 Å². The molecule has 0 aromatic heterocycles. The highest BCUT2D eigenvalue weighted by molar-refractivity contribution is 5.90. The molecule has 1 N–H and O–H groups in total. The van der Waals surface area contributed by atoms with E-state index in [1.54, 1.807) is 7.11 Å². The third-order valence-corrected chi connectivity index (χ3v) is 5.86. The molecular formula is C26H30N2O4. The van der Waals surface area contributed by atoms with Crippen LogP contribution in [-0.2, 0) is 4.79 Å². The van der Waals surface area contributed by atoms with Gasteiger partial charge in [-0.25, -0.2) is 0 Å². The Labute approximate surface area is 189 Å². The van der Waals surface area contributed by atoms with Gasteiger partial charge in [-0.15, -0.1) is 0 Å². The Morgan fingerprint density at radius 3 is 2.69 bits per heavy atom. The smallest absolute Gasteiger partial charge is 0.224 e. The van der Waals surface area contributed by atoms with Crippen molar-refractivity contribution in [2.45, 2.75) is 50.2 Å². The first-order valence-corrected chi connectivity index (χ1v) is 11.2. The minimum absolute atomic E-state index is 0.0277. The van der Waals surface area contributed by atoms with Gasteiger partial charge in [0.15, 0.2) is 11.5 Å². The molecule has 1 amide bonds. The fourth-order valence-electron chi connectivity index (χ4n) is 4.18. The summed E-state index contributed by atoms with van der Waals surface area (Å²) in [6.45, 7) is 0.535. The van der Waals surface area contributed by atoms with Crippen LogP contribution >= 0.6 is 0 Å². The molecule has 0 aliphatic carbocycles. The number of aliphatic imine (C=N–C) groups is 1. The van der Waals surface area contributed by atoms with Gasteiger partial charge in [-0.3, -0.25) is 9.79 Å². The van der Waals surface area contributed by atoms with Crippen LogP contribution in [0.3, 0.4) is 0 Å². The van der Waals surface area contributed by atoms with E-state index in [4.69, 9.17) is 19.2 Å². The summed E-state index contributed by atoms with van der Waals surface area (Å²) in [5, 5.41) is 2.94. The number of ether oxygens (including phenoxy) is 3. The fourth-order valence-corrected chi connectivity index (χ4v) is 4.18. The first-order valence-electron chi connectivity index (χ1n) is 11.2. The normalized spacial score (nSPS) is 20.8. The molecule has 6 nitrogen and oxygen atoms in total. The molecule has 2 aliphatic heterocycles. The largest absolute Gasteiger partial charge is 0.497 e. The average molecular weight is 435 g/mol. The van der Waals surface area contributed by atoms with E-state index in [-0.39, 0.29) is 17.6 Å². The van der Waals surface area contributed by atoms with Gasteiger partial charge in [-0.05, 0) is 55.3 Å². The van der Waals surface area contributed by atoms with Gasteiger partial charge in [-0.1, -0.05) is 31.1 Å². The van der Waals surface area contributed by atoms with Gasteiger partial charge >= 0.3 is 0 Å². The Balaban J connectivity index is 1.19. The highest BCUT2D eigenvalue weighted by Crippen LogP contribution is 2.36. The molecule has 4 rings (SSSR count). The van der Waals surface area contributed by atoms with Crippen molar-refractivity contribution >= 4 is 17.8 Å². The van der Waals surface area contributed by atoms with Gasteiger partial charge in [0.2, 0.25) is 5.91 Å². The van der Waals surface area contributed by atoms with Crippen molar-refractivity contribution in [3.63, 3.8) is 0 Å². The minimum atomic E-state index is -0.244. The first kappa shape index (κ1) is 21.9. The van der Waals surface area contributed by atoms with Crippen molar-refractivity contribution < 1.29 is 19.0 Å². The molecule has 0 fully saturated rings. The molecule has 2 heterocycles. The molecule has 0 radical (unpaired) electrons. The number of allylic oxidation sites excluding steroid dienone is 1. The van der Waals surface area contributed by atoms with Crippen LogP contribution in [0, 0.1) is 0 Å². The zero-order valence-corrected chi connectivity index (χ0v) is 18.5. The van der Waals surface area contributed by atoms with Crippen molar-refractivity contribution in [2.75, 3.05) is 19.0 Å². The van der Waals surface area contributed by atoms with Crippen LogP contribution in [0.5, 0.6) is 17.2 Å². The SMILES string of the molecule is COc1ccc(NC(=O)CCCCCC2(CC3COc4ccccc4O3)C=CC=N2)cc1. The van der Waals surface area contributed by atoms with Crippen LogP contribution < -0.4 is 19.5 Å². The Hall–Kier alpha value is -3.28. The maximum absolute atomic E-state index is 12.2. The number of hydrogen-bond donors (Lipinski definition) is 1. The number of carbonyl (C=O) groups is 1. The molecule has 2 atom stereocenters. The topological polar surface area (TPSA) is 69.2 Å². The van der Waals surface area contributed by atoms with E-state index in [0.717, 1.165) is 55.0 Å². The number of benzene rings is 2. The predicted octanol–water partition coefficient (Wildman–Crippen LogP) is 5.19. The number of nitrogens with one attached hydrogen (secondary N) is 1. The second-order valence-electron chi connectivity index (χ2n) is 8.28. The lowest BCUT2D eigenvalue weighted by Crippen LogP contribution is -2.37. The van der Waals surface area contributed by atoms with Crippen LogP contribution in [0.4, 0.5) is 5.69 Å². The maximum atomic E-state index is 12.2. The number of carbonyl (C=O) groups excluding carboxylic acids is 1. The van der Waals surface area contributed by atoms with E-state index in [2.05, 4.69) is 11.4 Å². The molecule has 168 valence electrons. The standard InChI is InChI=1S/C26H30N2O4/c1-30-21-13-11-20(12-14-21)28-25(29)10-3-2-6-15-26(16-7-17-27-26)18-22-19-31-23-8-4-5-9-24(23)32-22/h4-5,7-9,11-14,16-17,22H,2-3,6,10,15,18-19H2,1H3,(H,28,29). The Kier molecular flexibility index (Phi) is 7.10. The third-order valence-electron chi connectivity index (χ3n) is 5.86. The number of para-hydroxylation sites is 2. The first-order chi connectivity index (χ1) is 15.7. The van der Waals surface area contributed by atoms with E-state index >= 15 is 0 Å². The predicted molar refractivity (Wildman–Crippen MR) is 126 cm³/mol. The van der Waals surface area contributed by atoms with Crippen LogP contribution in [-0.4, -0.2) is 37.5 Å². The summed E-state index contributed by atoms with van der Waals surface area (Å²) in [6, 6.07) is 15.2. The Morgan fingerprint density at radius 1 is 1.12 bits per heavy atom. The molecule has 2 aliphatic rings. The molecule has 0 saturated carbocycles. The van der Waals surface area contributed by atoms with Gasteiger partial charge in [0.1, 0.15) is 18.5 Å². The van der Waals surface area contributed by atoms with Crippen molar-refractivity contribution in [2.24, 2.45) is 4.99 Å². The van der Waals surface area contributed by atoms with Crippen LogP contribution in [0.25, 0.3) is 0 Å². The lowest BCUT2D eigenvalue weighted by Gasteiger charge is -2.32. The van der Waals surface area contributed by atoms with E-state index in [1.165, 1.54) is 0 Å². The molecule has 2 aromatic carbocycles. The summed E-state index contributed by atoms with van der Waals surface area (Å²) >= 11 is 0. The number of fused-ring (bicyclic) bond motifs is 1. The van der Waals surface area contributed by atoms with Gasteiger partial charge < -0.3 is 19.5 Å². The third kappa shape index (κ3) is 5.69. The van der Waals surface area contributed by atoms with Gasteiger partial charge in [-0.2, -0.15) is 0 Å². The summed E-state index contributed by atoms with van der Waals surface area (Å²) in [5.41, 5.74) is 0.544. The van der Waals surface area contributed by atoms with Crippen LogP contribution in [0.2, 0.25) is 0 Å².